The van der Waals surface area contributed by atoms with E-state index in [-0.39, 0.29) is 5.75 Å². The van der Waals surface area contributed by atoms with Gasteiger partial charge in [0.1, 0.15) is 5.75 Å². The summed E-state index contributed by atoms with van der Waals surface area (Å²) in [5.41, 5.74) is 5.10. The molecule has 0 bridgehead atoms. The monoisotopic (exact) mass is 408 g/mol. The highest BCUT2D eigenvalue weighted by Crippen LogP contribution is 2.26. The summed E-state index contributed by atoms with van der Waals surface area (Å²) >= 11 is 0. The third-order valence-electron chi connectivity index (χ3n) is 4.98. The highest BCUT2D eigenvalue weighted by Gasteiger charge is 2.05. The SMILES string of the molecule is CCCCCCCc1cc[c]c(-c2ccc(Nc3cccc(OC(F)F)c3)cc2)c1. The van der Waals surface area contributed by atoms with Crippen molar-refractivity contribution in [3.05, 3.63) is 78.4 Å². The van der Waals surface area contributed by atoms with Crippen molar-refractivity contribution in [2.45, 2.75) is 52.1 Å². The molecule has 2 nitrogen and oxygen atoms in total. The first-order chi connectivity index (χ1) is 14.6. The van der Waals surface area contributed by atoms with Gasteiger partial charge in [0, 0.05) is 17.4 Å². The molecule has 0 aliphatic heterocycles. The first-order valence-corrected chi connectivity index (χ1v) is 10.6. The fourth-order valence-corrected chi connectivity index (χ4v) is 3.42. The molecule has 0 spiro atoms. The number of unbranched alkanes of at least 4 members (excludes halogenated alkanes) is 4. The van der Waals surface area contributed by atoms with E-state index in [1.807, 2.05) is 36.4 Å². The van der Waals surface area contributed by atoms with Crippen LogP contribution < -0.4 is 10.1 Å². The molecule has 0 atom stereocenters. The van der Waals surface area contributed by atoms with E-state index >= 15 is 0 Å². The largest absolute Gasteiger partial charge is 0.435 e. The second-order valence-corrected chi connectivity index (χ2v) is 7.38. The highest BCUT2D eigenvalue weighted by atomic mass is 19.3. The maximum Gasteiger partial charge on any atom is 0.387 e. The number of benzene rings is 3. The van der Waals surface area contributed by atoms with E-state index in [0.717, 1.165) is 23.2 Å². The molecule has 4 heteroatoms. The second-order valence-electron chi connectivity index (χ2n) is 7.38. The molecule has 0 aliphatic carbocycles. The molecule has 3 aromatic carbocycles. The zero-order chi connectivity index (χ0) is 21.2. The average Bonchev–Trinajstić information content (AvgIpc) is 2.74. The van der Waals surface area contributed by atoms with E-state index in [1.165, 1.54) is 43.7 Å². The summed E-state index contributed by atoms with van der Waals surface area (Å²) in [6.45, 7) is -0.595. The molecule has 0 unspecified atom stereocenters. The van der Waals surface area contributed by atoms with Crippen LogP contribution in [0.3, 0.4) is 0 Å². The Balaban J connectivity index is 1.61. The van der Waals surface area contributed by atoms with Gasteiger partial charge in [0.15, 0.2) is 0 Å². The lowest BCUT2D eigenvalue weighted by Gasteiger charge is -2.10. The summed E-state index contributed by atoms with van der Waals surface area (Å²) in [6.07, 6.45) is 7.50. The first-order valence-electron chi connectivity index (χ1n) is 10.6. The van der Waals surface area contributed by atoms with Crippen molar-refractivity contribution in [3.8, 4) is 16.9 Å². The van der Waals surface area contributed by atoms with Crippen molar-refractivity contribution >= 4 is 11.4 Å². The summed E-state index contributed by atoms with van der Waals surface area (Å²) in [4.78, 5) is 0. The maximum absolute atomic E-state index is 12.4. The number of ether oxygens (including phenoxy) is 1. The zero-order valence-electron chi connectivity index (χ0n) is 17.3. The first kappa shape index (κ1) is 21.8. The van der Waals surface area contributed by atoms with Crippen LogP contribution in [0.2, 0.25) is 0 Å². The van der Waals surface area contributed by atoms with Gasteiger partial charge in [-0.25, -0.2) is 0 Å². The molecule has 3 aromatic rings. The van der Waals surface area contributed by atoms with Crippen LogP contribution in [0.15, 0.2) is 66.7 Å². The number of hydrogen-bond donors (Lipinski definition) is 1. The van der Waals surface area contributed by atoms with Gasteiger partial charge in [0.25, 0.3) is 0 Å². The van der Waals surface area contributed by atoms with Crippen molar-refractivity contribution in [3.63, 3.8) is 0 Å². The highest BCUT2D eigenvalue weighted by molar-refractivity contribution is 5.68. The van der Waals surface area contributed by atoms with Crippen molar-refractivity contribution in [2.75, 3.05) is 5.32 Å². The van der Waals surface area contributed by atoms with Gasteiger partial charge in [0.2, 0.25) is 0 Å². The molecule has 0 saturated carbocycles. The normalized spacial score (nSPS) is 10.9. The topological polar surface area (TPSA) is 21.3 Å². The Morgan fingerprint density at radius 3 is 2.47 bits per heavy atom. The summed E-state index contributed by atoms with van der Waals surface area (Å²) in [6, 6.07) is 24.3. The van der Waals surface area contributed by atoms with Crippen LogP contribution in [0.25, 0.3) is 11.1 Å². The van der Waals surface area contributed by atoms with Gasteiger partial charge < -0.3 is 10.1 Å². The molecule has 157 valence electrons. The molecule has 0 aliphatic rings. The van der Waals surface area contributed by atoms with Gasteiger partial charge in [-0.15, -0.1) is 0 Å². The maximum atomic E-state index is 12.4. The van der Waals surface area contributed by atoms with E-state index in [1.54, 1.807) is 12.1 Å². The van der Waals surface area contributed by atoms with Crippen molar-refractivity contribution < 1.29 is 13.5 Å². The minimum atomic E-state index is -2.83. The van der Waals surface area contributed by atoms with Crippen molar-refractivity contribution in [2.24, 2.45) is 0 Å². The predicted octanol–water partition coefficient (Wildman–Crippen LogP) is 8.01. The fraction of sp³-hybridized carbons (Fsp3) is 0.308. The van der Waals surface area contributed by atoms with Crippen molar-refractivity contribution in [1.29, 1.82) is 0 Å². The summed E-state index contributed by atoms with van der Waals surface area (Å²) in [5.74, 6) is 0.132. The Morgan fingerprint density at radius 2 is 1.70 bits per heavy atom. The minimum Gasteiger partial charge on any atom is -0.435 e. The summed E-state index contributed by atoms with van der Waals surface area (Å²) < 4.78 is 29.2. The third kappa shape index (κ3) is 6.87. The van der Waals surface area contributed by atoms with Gasteiger partial charge in [-0.05, 0) is 59.9 Å². The molecule has 0 amide bonds. The van der Waals surface area contributed by atoms with Gasteiger partial charge >= 0.3 is 6.61 Å². The molecule has 0 heterocycles. The Kier molecular flexibility index (Phi) is 8.25. The Hall–Kier alpha value is -2.88. The lowest BCUT2D eigenvalue weighted by molar-refractivity contribution is -0.0498. The van der Waals surface area contributed by atoms with E-state index < -0.39 is 6.61 Å². The van der Waals surface area contributed by atoms with Crippen LogP contribution in [0.1, 0.15) is 44.6 Å². The number of halogens is 2. The Morgan fingerprint density at radius 1 is 0.900 bits per heavy atom. The summed E-state index contributed by atoms with van der Waals surface area (Å²) in [7, 11) is 0. The number of rotatable bonds is 11. The van der Waals surface area contributed by atoms with Crippen LogP contribution in [0.5, 0.6) is 5.75 Å². The lowest BCUT2D eigenvalue weighted by atomic mass is 9.99. The third-order valence-corrected chi connectivity index (χ3v) is 4.98. The number of aryl methyl sites for hydroxylation is 1. The summed E-state index contributed by atoms with van der Waals surface area (Å²) in [5, 5.41) is 3.22. The van der Waals surface area contributed by atoms with Gasteiger partial charge in [-0.3, -0.25) is 0 Å². The van der Waals surface area contributed by atoms with E-state index in [4.69, 9.17) is 0 Å². The van der Waals surface area contributed by atoms with Gasteiger partial charge in [0.05, 0.1) is 0 Å². The number of nitrogens with one attached hydrogen (secondary N) is 1. The lowest BCUT2D eigenvalue weighted by Crippen LogP contribution is -2.02. The number of hydrogen-bond acceptors (Lipinski definition) is 2. The Bertz CT molecular complexity index is 909. The predicted molar refractivity (Wildman–Crippen MR) is 120 cm³/mol. The standard InChI is InChI=1S/C26H28F2NO/c1-2-3-4-5-6-9-20-10-7-11-22(18-20)21-14-16-23(17-15-21)29-24-12-8-13-25(19-24)30-26(27)28/h7-8,10,12-19,26,29H,2-6,9H2,1H3. The molecule has 30 heavy (non-hydrogen) atoms. The number of anilines is 2. The van der Waals surface area contributed by atoms with Crippen LogP contribution in [-0.4, -0.2) is 6.61 Å². The van der Waals surface area contributed by atoms with Gasteiger partial charge in [-0.1, -0.05) is 69.0 Å². The van der Waals surface area contributed by atoms with Crippen LogP contribution >= 0.6 is 0 Å². The van der Waals surface area contributed by atoms with E-state index in [0.29, 0.717) is 5.69 Å². The molecule has 0 aromatic heterocycles. The Labute approximate surface area is 177 Å². The molecule has 1 radical (unpaired) electrons. The second kappa shape index (κ2) is 11.3. The van der Waals surface area contributed by atoms with E-state index in [2.05, 4.69) is 35.2 Å². The number of alkyl halides is 2. The fourth-order valence-electron chi connectivity index (χ4n) is 3.42. The van der Waals surface area contributed by atoms with Crippen molar-refractivity contribution in [1.82, 2.24) is 0 Å². The van der Waals surface area contributed by atoms with Gasteiger partial charge in [-0.2, -0.15) is 8.78 Å². The van der Waals surface area contributed by atoms with Crippen LogP contribution in [0.4, 0.5) is 20.2 Å². The zero-order valence-corrected chi connectivity index (χ0v) is 17.3. The molecule has 0 fully saturated rings. The molecule has 0 saturated heterocycles. The molecule has 1 N–H and O–H groups in total. The van der Waals surface area contributed by atoms with Crippen LogP contribution in [-0.2, 0) is 6.42 Å². The molecular formula is C26H28F2NO. The molecular weight excluding hydrogens is 380 g/mol. The minimum absolute atomic E-state index is 0.132. The van der Waals surface area contributed by atoms with E-state index in [9.17, 15) is 8.78 Å². The van der Waals surface area contributed by atoms with Crippen LogP contribution in [0, 0.1) is 6.07 Å². The quantitative estimate of drug-likeness (QED) is 0.324. The molecule has 3 rings (SSSR count). The smallest absolute Gasteiger partial charge is 0.387 e. The average molecular weight is 409 g/mol.